The molecule has 1 rings (SSSR count). The van der Waals surface area contributed by atoms with Gasteiger partial charge in [0.05, 0.1) is 11.3 Å². The van der Waals surface area contributed by atoms with Gasteiger partial charge in [0, 0.05) is 11.8 Å². The molecule has 1 aromatic rings. The summed E-state index contributed by atoms with van der Waals surface area (Å²) in [6.07, 6.45) is 0. The molecule has 0 fully saturated rings. The first-order valence-electron chi connectivity index (χ1n) is 5.37. The fourth-order valence-electron chi connectivity index (χ4n) is 1.44. The van der Waals surface area contributed by atoms with Crippen LogP contribution < -0.4 is 5.32 Å². The smallest absolute Gasteiger partial charge is 0.164 e. The van der Waals surface area contributed by atoms with Crippen molar-refractivity contribution in [3.8, 4) is 0 Å². The highest BCUT2D eigenvalue weighted by atomic mass is 32.2. The minimum Gasteiger partial charge on any atom is -0.372 e. The third kappa shape index (κ3) is 3.49. The zero-order valence-corrected chi connectivity index (χ0v) is 11.8. The second-order valence-electron chi connectivity index (χ2n) is 3.73. The standard InChI is InChI=1S/C11H18N2OS2/c1-5-15-6-7(2)12-11-10(9(4)14)8(3)13-16-11/h7,12H,5-6H2,1-4H3. The van der Waals surface area contributed by atoms with Crippen molar-refractivity contribution in [2.24, 2.45) is 0 Å². The Labute approximate surface area is 105 Å². The minimum atomic E-state index is 0.0871. The summed E-state index contributed by atoms with van der Waals surface area (Å²) in [7, 11) is 0. The van der Waals surface area contributed by atoms with Crippen LogP contribution in [0.15, 0.2) is 0 Å². The number of carbonyl (C=O) groups excluding carboxylic acids is 1. The molecule has 0 bridgehead atoms. The van der Waals surface area contributed by atoms with Crippen molar-refractivity contribution in [3.63, 3.8) is 0 Å². The summed E-state index contributed by atoms with van der Waals surface area (Å²) in [5.41, 5.74) is 1.58. The van der Waals surface area contributed by atoms with E-state index in [9.17, 15) is 4.79 Å². The number of aromatic nitrogens is 1. The molecule has 90 valence electrons. The molecule has 3 nitrogen and oxygen atoms in total. The van der Waals surface area contributed by atoms with Crippen LogP contribution in [0.5, 0.6) is 0 Å². The van der Waals surface area contributed by atoms with Crippen molar-refractivity contribution >= 4 is 34.1 Å². The normalized spacial score (nSPS) is 12.5. The zero-order chi connectivity index (χ0) is 12.1. The monoisotopic (exact) mass is 258 g/mol. The molecule has 0 amide bonds. The second-order valence-corrected chi connectivity index (χ2v) is 5.83. The van der Waals surface area contributed by atoms with E-state index in [1.807, 2.05) is 18.7 Å². The molecule has 0 aliphatic heterocycles. The Kier molecular flexibility index (Phi) is 5.28. The number of Topliss-reactive ketones (excluding diaryl/α,β-unsaturated/α-hetero) is 1. The molecule has 0 aliphatic rings. The quantitative estimate of drug-likeness (QED) is 0.796. The number of rotatable bonds is 6. The average molecular weight is 258 g/mol. The van der Waals surface area contributed by atoms with Crippen molar-refractivity contribution in [1.29, 1.82) is 0 Å². The minimum absolute atomic E-state index is 0.0871. The summed E-state index contributed by atoms with van der Waals surface area (Å²) >= 11 is 3.27. The summed E-state index contributed by atoms with van der Waals surface area (Å²) in [6, 6.07) is 0.364. The van der Waals surface area contributed by atoms with E-state index in [-0.39, 0.29) is 5.78 Å². The van der Waals surface area contributed by atoms with E-state index < -0.39 is 0 Å². The highest BCUT2D eigenvalue weighted by molar-refractivity contribution is 7.99. The van der Waals surface area contributed by atoms with Crippen LogP contribution in [0.3, 0.4) is 0 Å². The molecule has 1 atom stereocenters. The first-order chi connectivity index (χ1) is 7.56. The van der Waals surface area contributed by atoms with E-state index in [1.165, 1.54) is 11.5 Å². The van der Waals surface area contributed by atoms with Gasteiger partial charge in [-0.25, -0.2) is 0 Å². The van der Waals surface area contributed by atoms with Gasteiger partial charge in [-0.05, 0) is 38.1 Å². The van der Waals surface area contributed by atoms with Crippen molar-refractivity contribution < 1.29 is 4.79 Å². The van der Waals surface area contributed by atoms with E-state index in [0.717, 1.165) is 27.8 Å². The average Bonchev–Trinajstić information content (AvgIpc) is 2.56. The molecule has 0 saturated heterocycles. The van der Waals surface area contributed by atoms with Gasteiger partial charge in [-0.3, -0.25) is 4.79 Å². The van der Waals surface area contributed by atoms with E-state index in [1.54, 1.807) is 6.92 Å². The molecule has 1 unspecified atom stereocenters. The summed E-state index contributed by atoms with van der Waals surface area (Å²) in [4.78, 5) is 11.5. The topological polar surface area (TPSA) is 42.0 Å². The Bertz CT molecular complexity index is 363. The molecule has 1 aromatic heterocycles. The number of hydrogen-bond acceptors (Lipinski definition) is 5. The number of hydrogen-bond donors (Lipinski definition) is 1. The van der Waals surface area contributed by atoms with Gasteiger partial charge in [0.2, 0.25) is 0 Å². The van der Waals surface area contributed by atoms with Crippen molar-refractivity contribution in [1.82, 2.24) is 4.37 Å². The van der Waals surface area contributed by atoms with Crippen LogP contribution in [0, 0.1) is 6.92 Å². The predicted molar refractivity (Wildman–Crippen MR) is 72.9 cm³/mol. The number of nitrogens with zero attached hydrogens (tertiary/aromatic N) is 1. The molecule has 0 spiro atoms. The van der Waals surface area contributed by atoms with Crippen molar-refractivity contribution in [3.05, 3.63) is 11.3 Å². The predicted octanol–water partition coefficient (Wildman–Crippen LogP) is 3.21. The van der Waals surface area contributed by atoms with Gasteiger partial charge in [0.1, 0.15) is 5.00 Å². The fourth-order valence-corrected chi connectivity index (χ4v) is 3.07. The van der Waals surface area contributed by atoms with E-state index in [2.05, 4.69) is 23.5 Å². The Hall–Kier alpha value is -0.550. The van der Waals surface area contributed by atoms with Crippen LogP contribution in [0.1, 0.15) is 36.8 Å². The Morgan fingerprint density at radius 3 is 2.88 bits per heavy atom. The van der Waals surface area contributed by atoms with Gasteiger partial charge in [-0.1, -0.05) is 6.92 Å². The van der Waals surface area contributed by atoms with Crippen LogP contribution in [0.4, 0.5) is 5.00 Å². The van der Waals surface area contributed by atoms with E-state index in [4.69, 9.17) is 0 Å². The first-order valence-corrected chi connectivity index (χ1v) is 7.30. The molecule has 5 heteroatoms. The lowest BCUT2D eigenvalue weighted by Crippen LogP contribution is -2.18. The Morgan fingerprint density at radius 2 is 2.31 bits per heavy atom. The van der Waals surface area contributed by atoms with Gasteiger partial charge in [-0.2, -0.15) is 16.1 Å². The summed E-state index contributed by atoms with van der Waals surface area (Å²) in [5.74, 6) is 2.25. The molecule has 0 aromatic carbocycles. The fraction of sp³-hybridized carbons (Fsp3) is 0.636. The number of aryl methyl sites for hydroxylation is 1. The summed E-state index contributed by atoms with van der Waals surface area (Å²) < 4.78 is 4.22. The molecular formula is C11H18N2OS2. The van der Waals surface area contributed by atoms with Crippen LogP contribution in [-0.4, -0.2) is 27.7 Å². The van der Waals surface area contributed by atoms with Gasteiger partial charge in [0.25, 0.3) is 0 Å². The summed E-state index contributed by atoms with van der Waals surface area (Å²) in [6.45, 7) is 7.74. The third-order valence-electron chi connectivity index (χ3n) is 2.16. The number of carbonyl (C=O) groups is 1. The summed E-state index contributed by atoms with van der Waals surface area (Å²) in [5, 5.41) is 4.27. The van der Waals surface area contributed by atoms with E-state index >= 15 is 0 Å². The van der Waals surface area contributed by atoms with Crippen LogP contribution in [0.25, 0.3) is 0 Å². The van der Waals surface area contributed by atoms with E-state index in [0.29, 0.717) is 6.04 Å². The maximum Gasteiger partial charge on any atom is 0.164 e. The SMILES string of the molecule is CCSCC(C)Nc1snc(C)c1C(C)=O. The lowest BCUT2D eigenvalue weighted by atomic mass is 10.2. The number of nitrogens with one attached hydrogen (secondary N) is 1. The molecule has 1 N–H and O–H groups in total. The largest absolute Gasteiger partial charge is 0.372 e. The number of ketones is 1. The number of anilines is 1. The third-order valence-corrected chi connectivity index (χ3v) is 4.18. The molecule has 0 saturated carbocycles. The highest BCUT2D eigenvalue weighted by Crippen LogP contribution is 2.25. The van der Waals surface area contributed by atoms with Gasteiger partial charge in [0.15, 0.2) is 5.78 Å². The maximum atomic E-state index is 11.5. The molecular weight excluding hydrogens is 240 g/mol. The van der Waals surface area contributed by atoms with Crippen LogP contribution >= 0.6 is 23.3 Å². The van der Waals surface area contributed by atoms with Gasteiger partial charge >= 0.3 is 0 Å². The lowest BCUT2D eigenvalue weighted by molar-refractivity contribution is 0.101. The van der Waals surface area contributed by atoms with Crippen LogP contribution in [-0.2, 0) is 0 Å². The molecule has 1 heterocycles. The lowest BCUT2D eigenvalue weighted by Gasteiger charge is -2.13. The highest BCUT2D eigenvalue weighted by Gasteiger charge is 2.16. The maximum absolute atomic E-state index is 11.5. The second kappa shape index (κ2) is 6.25. The van der Waals surface area contributed by atoms with Crippen molar-refractivity contribution in [2.75, 3.05) is 16.8 Å². The first kappa shape index (κ1) is 13.5. The van der Waals surface area contributed by atoms with Crippen molar-refractivity contribution in [2.45, 2.75) is 33.7 Å². The Balaban J connectivity index is 2.70. The number of thioether (sulfide) groups is 1. The van der Waals surface area contributed by atoms with Crippen LogP contribution in [0.2, 0.25) is 0 Å². The molecule has 0 radical (unpaired) electrons. The zero-order valence-electron chi connectivity index (χ0n) is 10.2. The molecule has 0 aliphatic carbocycles. The van der Waals surface area contributed by atoms with Gasteiger partial charge in [-0.15, -0.1) is 0 Å². The molecule has 16 heavy (non-hydrogen) atoms. The Morgan fingerprint density at radius 1 is 1.62 bits per heavy atom. The van der Waals surface area contributed by atoms with Gasteiger partial charge < -0.3 is 5.32 Å².